The Bertz CT molecular complexity index is 800. The van der Waals surface area contributed by atoms with E-state index in [-0.39, 0.29) is 6.10 Å². The van der Waals surface area contributed by atoms with Crippen LogP contribution in [0.15, 0.2) is 24.3 Å². The summed E-state index contributed by atoms with van der Waals surface area (Å²) in [6, 6.07) is 7.08. The van der Waals surface area contributed by atoms with Crippen LogP contribution >= 0.6 is 0 Å². The molecule has 2 aliphatic rings. The molecule has 2 heterocycles. The third-order valence-electron chi connectivity index (χ3n) is 4.71. The quantitative estimate of drug-likeness (QED) is 0.733. The highest BCUT2D eigenvalue weighted by molar-refractivity contribution is 7.89. The van der Waals surface area contributed by atoms with Gasteiger partial charge in [0.15, 0.2) is 0 Å². The number of hydrogen-bond acceptors (Lipinski definition) is 5. The van der Waals surface area contributed by atoms with Crippen molar-refractivity contribution in [3.63, 3.8) is 0 Å². The zero-order valence-corrected chi connectivity index (χ0v) is 15.6. The highest BCUT2D eigenvalue weighted by Gasteiger charge is 2.46. The molecule has 26 heavy (non-hydrogen) atoms. The Labute approximate surface area is 152 Å². The lowest BCUT2D eigenvalue weighted by molar-refractivity contribution is -0.122. The first-order valence-electron chi connectivity index (χ1n) is 8.53. The summed E-state index contributed by atoms with van der Waals surface area (Å²) in [5.74, 6) is -0.306. The van der Waals surface area contributed by atoms with Crippen molar-refractivity contribution in [2.75, 3.05) is 18.8 Å². The largest absolute Gasteiger partial charge is 0.490 e. The fraction of sp³-hybridized carbons (Fsp3) is 0.529. The van der Waals surface area contributed by atoms with E-state index in [4.69, 9.17) is 4.74 Å². The Morgan fingerprint density at radius 1 is 1.19 bits per heavy atom. The molecule has 2 saturated heterocycles. The molecule has 1 aromatic rings. The van der Waals surface area contributed by atoms with Gasteiger partial charge in [-0.05, 0) is 38.8 Å². The smallest absolute Gasteiger partial charge is 0.322 e. The average molecular weight is 381 g/mol. The number of sulfonamides is 1. The Morgan fingerprint density at radius 3 is 2.35 bits per heavy atom. The molecule has 1 unspecified atom stereocenters. The molecule has 1 atom stereocenters. The summed E-state index contributed by atoms with van der Waals surface area (Å²) in [5.41, 5.74) is -0.291. The molecule has 0 bridgehead atoms. The van der Waals surface area contributed by atoms with Crippen LogP contribution in [-0.2, 0) is 14.8 Å². The van der Waals surface area contributed by atoms with E-state index in [1.165, 1.54) is 11.2 Å². The number of carbonyl (C=O) groups is 2. The summed E-state index contributed by atoms with van der Waals surface area (Å²) in [5, 5.41) is 4.47. The van der Waals surface area contributed by atoms with Gasteiger partial charge in [-0.3, -0.25) is 10.1 Å². The Kier molecular flexibility index (Phi) is 4.94. The van der Waals surface area contributed by atoms with Crippen LogP contribution in [0.2, 0.25) is 0 Å². The molecule has 0 radical (unpaired) electrons. The number of ether oxygens (including phenoxy) is 1. The van der Waals surface area contributed by atoms with Crippen LogP contribution in [0.4, 0.5) is 4.79 Å². The SMILES string of the molecule is Cc1ccc(OC2CCN(S(=O)(=O)CC3(C)NC(=O)NC3=O)CC2)cc1. The Hall–Kier alpha value is -2.13. The summed E-state index contributed by atoms with van der Waals surface area (Å²) in [4.78, 5) is 23.1. The van der Waals surface area contributed by atoms with E-state index in [9.17, 15) is 18.0 Å². The van der Waals surface area contributed by atoms with Crippen LogP contribution < -0.4 is 15.4 Å². The molecule has 142 valence electrons. The van der Waals surface area contributed by atoms with Crippen molar-refractivity contribution in [2.45, 2.75) is 38.3 Å². The molecule has 2 aliphatic heterocycles. The van der Waals surface area contributed by atoms with Gasteiger partial charge in [-0.25, -0.2) is 17.5 Å². The second-order valence-corrected chi connectivity index (χ2v) is 8.99. The van der Waals surface area contributed by atoms with E-state index >= 15 is 0 Å². The predicted molar refractivity (Wildman–Crippen MR) is 95.3 cm³/mol. The number of amides is 3. The standard InChI is InChI=1S/C17H23N3O5S/c1-12-3-5-13(6-4-12)25-14-7-9-20(10-8-14)26(23,24)11-17(2)15(21)18-16(22)19-17/h3-6,14H,7-11H2,1-2H3,(H2,18,19,21,22). The molecule has 0 spiro atoms. The minimum absolute atomic E-state index is 0.0470. The van der Waals surface area contributed by atoms with Crippen molar-refractivity contribution < 1.29 is 22.7 Å². The van der Waals surface area contributed by atoms with E-state index in [0.717, 1.165) is 11.3 Å². The lowest BCUT2D eigenvalue weighted by atomic mass is 10.1. The van der Waals surface area contributed by atoms with Gasteiger partial charge in [0.2, 0.25) is 10.0 Å². The summed E-state index contributed by atoms with van der Waals surface area (Å²) in [7, 11) is -3.68. The van der Waals surface area contributed by atoms with Gasteiger partial charge in [-0.15, -0.1) is 0 Å². The number of imide groups is 1. The number of benzene rings is 1. The molecule has 1 aromatic carbocycles. The molecule has 2 N–H and O–H groups in total. The first-order chi connectivity index (χ1) is 12.2. The maximum absolute atomic E-state index is 12.7. The Balaban J connectivity index is 1.57. The fourth-order valence-corrected chi connectivity index (χ4v) is 5.06. The van der Waals surface area contributed by atoms with Crippen LogP contribution in [0, 0.1) is 6.92 Å². The van der Waals surface area contributed by atoms with Gasteiger partial charge in [0.1, 0.15) is 17.4 Å². The zero-order chi connectivity index (χ0) is 18.9. The lowest BCUT2D eigenvalue weighted by Gasteiger charge is -2.33. The molecule has 0 saturated carbocycles. The molecule has 9 heteroatoms. The van der Waals surface area contributed by atoms with E-state index in [0.29, 0.717) is 25.9 Å². The van der Waals surface area contributed by atoms with Crippen molar-refractivity contribution in [1.82, 2.24) is 14.9 Å². The molecule has 0 aliphatic carbocycles. The van der Waals surface area contributed by atoms with E-state index in [1.54, 1.807) is 0 Å². The summed E-state index contributed by atoms with van der Waals surface area (Å²) in [6.45, 7) is 4.06. The van der Waals surface area contributed by atoms with Crippen molar-refractivity contribution >= 4 is 22.0 Å². The van der Waals surface area contributed by atoms with E-state index in [1.807, 2.05) is 31.2 Å². The first kappa shape index (κ1) is 18.7. The molecule has 3 amide bonds. The van der Waals surface area contributed by atoms with Gasteiger partial charge < -0.3 is 10.1 Å². The predicted octanol–water partition coefficient (Wildman–Crippen LogP) is 0.766. The molecule has 2 fully saturated rings. The summed E-state index contributed by atoms with van der Waals surface area (Å²) >= 11 is 0. The van der Waals surface area contributed by atoms with E-state index < -0.39 is 33.3 Å². The van der Waals surface area contributed by atoms with Gasteiger partial charge in [0.25, 0.3) is 5.91 Å². The number of carbonyl (C=O) groups excluding carboxylic acids is 2. The van der Waals surface area contributed by atoms with Crippen LogP contribution in [0.25, 0.3) is 0 Å². The van der Waals surface area contributed by atoms with Crippen LogP contribution in [-0.4, -0.2) is 55.1 Å². The molecule has 0 aromatic heterocycles. The van der Waals surface area contributed by atoms with E-state index in [2.05, 4.69) is 10.6 Å². The first-order valence-corrected chi connectivity index (χ1v) is 10.1. The highest BCUT2D eigenvalue weighted by Crippen LogP contribution is 2.23. The summed E-state index contributed by atoms with van der Waals surface area (Å²) in [6.07, 6.45) is 1.10. The number of urea groups is 1. The minimum atomic E-state index is -3.68. The number of piperidine rings is 1. The average Bonchev–Trinajstić information content (AvgIpc) is 2.81. The van der Waals surface area contributed by atoms with Crippen LogP contribution in [0.5, 0.6) is 5.75 Å². The van der Waals surface area contributed by atoms with Crippen molar-refractivity contribution in [3.05, 3.63) is 29.8 Å². The monoisotopic (exact) mass is 381 g/mol. The van der Waals surface area contributed by atoms with Gasteiger partial charge in [0.05, 0.1) is 5.75 Å². The fourth-order valence-electron chi connectivity index (χ4n) is 3.17. The van der Waals surface area contributed by atoms with Gasteiger partial charge in [-0.1, -0.05) is 17.7 Å². The lowest BCUT2D eigenvalue weighted by Crippen LogP contribution is -2.53. The molecule has 3 rings (SSSR count). The maximum Gasteiger partial charge on any atom is 0.322 e. The molecule has 8 nitrogen and oxygen atoms in total. The number of aryl methyl sites for hydroxylation is 1. The second-order valence-electron chi connectivity index (χ2n) is 7.03. The second kappa shape index (κ2) is 6.88. The number of hydrogen-bond donors (Lipinski definition) is 2. The van der Waals surface area contributed by atoms with Gasteiger partial charge >= 0.3 is 6.03 Å². The van der Waals surface area contributed by atoms with Crippen LogP contribution in [0.3, 0.4) is 0 Å². The van der Waals surface area contributed by atoms with Crippen molar-refractivity contribution in [3.8, 4) is 5.75 Å². The highest BCUT2D eigenvalue weighted by atomic mass is 32.2. The topological polar surface area (TPSA) is 105 Å². The van der Waals surface area contributed by atoms with Crippen molar-refractivity contribution in [2.24, 2.45) is 0 Å². The molecular formula is C17H23N3O5S. The maximum atomic E-state index is 12.7. The van der Waals surface area contributed by atoms with Crippen molar-refractivity contribution in [1.29, 1.82) is 0 Å². The molecular weight excluding hydrogens is 358 g/mol. The third-order valence-corrected chi connectivity index (χ3v) is 6.80. The van der Waals surface area contributed by atoms with Gasteiger partial charge in [-0.2, -0.15) is 0 Å². The zero-order valence-electron chi connectivity index (χ0n) is 14.8. The minimum Gasteiger partial charge on any atom is -0.490 e. The summed E-state index contributed by atoms with van der Waals surface area (Å²) < 4.78 is 32.6. The number of nitrogens with one attached hydrogen (secondary N) is 2. The number of nitrogens with zero attached hydrogens (tertiary/aromatic N) is 1. The Morgan fingerprint density at radius 2 is 1.81 bits per heavy atom. The van der Waals surface area contributed by atoms with Gasteiger partial charge in [0, 0.05) is 13.1 Å². The third kappa shape index (κ3) is 3.99. The van der Waals surface area contributed by atoms with Crippen LogP contribution in [0.1, 0.15) is 25.3 Å². The normalized spacial score (nSPS) is 25.0. The number of rotatable bonds is 5.